The van der Waals surface area contributed by atoms with Gasteiger partial charge in [0.2, 0.25) is 0 Å². The fourth-order valence-electron chi connectivity index (χ4n) is 0.903. The van der Waals surface area contributed by atoms with Crippen LogP contribution in [0.15, 0.2) is 22.7 Å². The highest BCUT2D eigenvalue weighted by molar-refractivity contribution is 9.10. The smallest absolute Gasteiger partial charge is 0.325 e. The number of halogens is 1. The molecule has 0 radical (unpaired) electrons. The number of benzene rings is 1. The Hall–Kier alpha value is -1.07. The molecule has 0 aliphatic carbocycles. The molecular weight excluding hydrogens is 238 g/mol. The Kier molecular flexibility index (Phi) is 2.90. The quantitative estimate of drug-likeness (QED) is 0.732. The molecule has 1 rings (SSSR count). The third-order valence-corrected chi connectivity index (χ3v) is 2.30. The molecule has 0 spiro atoms. The summed E-state index contributed by atoms with van der Waals surface area (Å²) in [7, 11) is 0. The molecule has 0 fully saturated rings. The molecule has 4 N–H and O–H groups in total. The summed E-state index contributed by atoms with van der Waals surface area (Å²) >= 11 is 3.14. The Morgan fingerprint density at radius 2 is 2.15 bits per heavy atom. The van der Waals surface area contributed by atoms with Crippen LogP contribution in [0.2, 0.25) is 0 Å². The topological polar surface area (TPSA) is 83.6 Å². The molecule has 0 bridgehead atoms. The lowest BCUT2D eigenvalue weighted by Crippen LogP contribution is -2.20. The average Bonchev–Trinajstić information content (AvgIpc) is 2.08. The number of hydrogen-bond donors (Lipinski definition) is 3. The Morgan fingerprint density at radius 1 is 1.54 bits per heavy atom. The zero-order valence-electron chi connectivity index (χ0n) is 6.57. The Morgan fingerprint density at radius 3 is 2.69 bits per heavy atom. The highest BCUT2D eigenvalue weighted by atomic mass is 79.9. The maximum Gasteiger partial charge on any atom is 0.325 e. The number of hydrogen-bond acceptors (Lipinski definition) is 3. The van der Waals surface area contributed by atoms with E-state index >= 15 is 0 Å². The van der Waals surface area contributed by atoms with Gasteiger partial charge in [0.25, 0.3) is 0 Å². The van der Waals surface area contributed by atoms with Gasteiger partial charge in [0.1, 0.15) is 11.8 Å². The number of phenols is 1. The van der Waals surface area contributed by atoms with Gasteiger partial charge >= 0.3 is 5.97 Å². The number of nitrogens with two attached hydrogens (primary N) is 1. The zero-order chi connectivity index (χ0) is 10.0. The summed E-state index contributed by atoms with van der Waals surface area (Å²) in [5.41, 5.74) is 5.72. The van der Waals surface area contributed by atoms with Crippen LogP contribution in [-0.4, -0.2) is 16.2 Å². The molecule has 5 heteroatoms. The summed E-state index contributed by atoms with van der Waals surface area (Å²) in [6, 6.07) is 3.19. The number of carbonyl (C=O) groups is 1. The maximum absolute atomic E-state index is 10.5. The minimum absolute atomic E-state index is 0.00472. The van der Waals surface area contributed by atoms with Crippen molar-refractivity contribution in [2.75, 3.05) is 0 Å². The molecule has 70 valence electrons. The van der Waals surface area contributed by atoms with Crippen molar-refractivity contribution in [2.45, 2.75) is 6.04 Å². The Bertz CT molecular complexity index is 340. The van der Waals surface area contributed by atoms with Gasteiger partial charge in [0, 0.05) is 4.47 Å². The van der Waals surface area contributed by atoms with E-state index in [-0.39, 0.29) is 5.75 Å². The van der Waals surface area contributed by atoms with E-state index in [0.29, 0.717) is 10.0 Å². The van der Waals surface area contributed by atoms with Crippen molar-refractivity contribution in [2.24, 2.45) is 5.73 Å². The number of phenolic OH excluding ortho intramolecular Hbond substituents is 1. The molecule has 0 aromatic heterocycles. The molecule has 1 atom stereocenters. The van der Waals surface area contributed by atoms with Crippen LogP contribution in [0.5, 0.6) is 5.75 Å². The summed E-state index contributed by atoms with van der Waals surface area (Å²) in [6.07, 6.45) is 0. The minimum Gasteiger partial charge on any atom is -0.508 e. The summed E-state index contributed by atoms with van der Waals surface area (Å²) in [5.74, 6) is -1.14. The normalized spacial score (nSPS) is 12.5. The van der Waals surface area contributed by atoms with Gasteiger partial charge in [-0.25, -0.2) is 0 Å². The van der Waals surface area contributed by atoms with E-state index in [0.717, 1.165) is 0 Å². The number of carboxylic acids is 1. The van der Waals surface area contributed by atoms with Crippen LogP contribution in [0.25, 0.3) is 0 Å². The molecule has 13 heavy (non-hydrogen) atoms. The van der Waals surface area contributed by atoms with Gasteiger partial charge in [-0.1, -0.05) is 15.9 Å². The first kappa shape index (κ1) is 10.0. The molecule has 0 amide bonds. The fraction of sp³-hybridized carbons (Fsp3) is 0.125. The summed E-state index contributed by atoms with van der Waals surface area (Å²) in [4.78, 5) is 10.5. The largest absolute Gasteiger partial charge is 0.508 e. The van der Waals surface area contributed by atoms with Gasteiger partial charge in [-0.15, -0.1) is 0 Å². The van der Waals surface area contributed by atoms with Crippen molar-refractivity contribution in [3.05, 3.63) is 28.2 Å². The molecule has 0 aliphatic rings. The van der Waals surface area contributed by atoms with Crippen LogP contribution in [-0.2, 0) is 4.79 Å². The zero-order valence-corrected chi connectivity index (χ0v) is 8.15. The van der Waals surface area contributed by atoms with E-state index in [2.05, 4.69) is 15.9 Å². The predicted molar refractivity (Wildman–Crippen MR) is 50.4 cm³/mol. The van der Waals surface area contributed by atoms with E-state index in [9.17, 15) is 4.79 Å². The standard InChI is InChI=1S/C8H8BrNO3/c9-6-2-1-4(11)3-5(6)7(10)8(12)13/h1-3,7,11H,10H2,(H,12,13). The van der Waals surface area contributed by atoms with Crippen molar-refractivity contribution < 1.29 is 15.0 Å². The Labute approximate surface area is 83.1 Å². The summed E-state index contributed by atoms with van der Waals surface area (Å²) in [6.45, 7) is 0. The maximum atomic E-state index is 10.5. The lowest BCUT2D eigenvalue weighted by atomic mass is 10.1. The third kappa shape index (κ3) is 2.19. The molecular formula is C8H8BrNO3. The van der Waals surface area contributed by atoms with Crippen LogP contribution in [0, 0.1) is 0 Å². The first-order valence-electron chi connectivity index (χ1n) is 3.49. The SMILES string of the molecule is NC(C(=O)O)c1cc(O)ccc1Br. The van der Waals surface area contributed by atoms with Crippen LogP contribution in [0.4, 0.5) is 0 Å². The lowest BCUT2D eigenvalue weighted by molar-refractivity contribution is -0.138. The van der Waals surface area contributed by atoms with E-state index in [1.807, 2.05) is 0 Å². The van der Waals surface area contributed by atoms with Gasteiger partial charge in [0.15, 0.2) is 0 Å². The van der Waals surface area contributed by atoms with Gasteiger partial charge in [0.05, 0.1) is 0 Å². The van der Waals surface area contributed by atoms with Crippen LogP contribution < -0.4 is 5.73 Å². The number of aromatic hydroxyl groups is 1. The second-order valence-corrected chi connectivity index (χ2v) is 3.38. The van der Waals surface area contributed by atoms with Gasteiger partial charge in [-0.05, 0) is 23.8 Å². The van der Waals surface area contributed by atoms with Gasteiger partial charge in [-0.3, -0.25) is 4.79 Å². The summed E-state index contributed by atoms with van der Waals surface area (Å²) < 4.78 is 0.570. The second kappa shape index (κ2) is 3.76. The second-order valence-electron chi connectivity index (χ2n) is 2.52. The van der Waals surface area contributed by atoms with E-state index in [1.165, 1.54) is 12.1 Å². The fourth-order valence-corrected chi connectivity index (χ4v) is 1.40. The molecule has 0 aliphatic heterocycles. The molecule has 0 saturated carbocycles. The minimum atomic E-state index is -1.13. The molecule has 0 saturated heterocycles. The van der Waals surface area contributed by atoms with E-state index < -0.39 is 12.0 Å². The first-order chi connectivity index (χ1) is 6.02. The van der Waals surface area contributed by atoms with Crippen molar-refractivity contribution in [1.82, 2.24) is 0 Å². The van der Waals surface area contributed by atoms with Gasteiger partial charge < -0.3 is 15.9 Å². The molecule has 4 nitrogen and oxygen atoms in total. The van der Waals surface area contributed by atoms with E-state index in [4.69, 9.17) is 15.9 Å². The number of rotatable bonds is 2. The average molecular weight is 246 g/mol. The van der Waals surface area contributed by atoms with Crippen LogP contribution >= 0.6 is 15.9 Å². The molecule has 1 aromatic rings. The van der Waals surface area contributed by atoms with E-state index in [1.54, 1.807) is 6.07 Å². The number of carboxylic acid groups (broad SMARTS) is 1. The molecule has 0 heterocycles. The Balaban J connectivity index is 3.12. The highest BCUT2D eigenvalue weighted by Gasteiger charge is 2.17. The van der Waals surface area contributed by atoms with Crippen LogP contribution in [0.3, 0.4) is 0 Å². The van der Waals surface area contributed by atoms with Crippen LogP contribution in [0.1, 0.15) is 11.6 Å². The molecule has 1 unspecified atom stereocenters. The van der Waals surface area contributed by atoms with Gasteiger partial charge in [-0.2, -0.15) is 0 Å². The summed E-state index contributed by atoms with van der Waals surface area (Å²) in [5, 5.41) is 17.7. The first-order valence-corrected chi connectivity index (χ1v) is 4.28. The van der Waals surface area contributed by atoms with Crippen molar-refractivity contribution in [3.63, 3.8) is 0 Å². The van der Waals surface area contributed by atoms with Crippen molar-refractivity contribution in [3.8, 4) is 5.75 Å². The third-order valence-electron chi connectivity index (χ3n) is 1.58. The highest BCUT2D eigenvalue weighted by Crippen LogP contribution is 2.26. The lowest BCUT2D eigenvalue weighted by Gasteiger charge is -2.08. The number of aliphatic carboxylic acids is 1. The monoisotopic (exact) mass is 245 g/mol. The predicted octanol–water partition coefficient (Wildman–Crippen LogP) is 1.24. The van der Waals surface area contributed by atoms with Crippen molar-refractivity contribution >= 4 is 21.9 Å². The van der Waals surface area contributed by atoms with Crippen molar-refractivity contribution in [1.29, 1.82) is 0 Å². The molecule has 1 aromatic carbocycles.